The van der Waals surface area contributed by atoms with E-state index in [9.17, 15) is 9.59 Å². The monoisotopic (exact) mass is 289 g/mol. The van der Waals surface area contributed by atoms with Crippen molar-refractivity contribution in [1.82, 2.24) is 10.6 Å². The van der Waals surface area contributed by atoms with Crippen LogP contribution < -0.4 is 16.0 Å². The Bertz CT molecular complexity index is 498. The van der Waals surface area contributed by atoms with Crippen LogP contribution in [-0.2, 0) is 4.79 Å². The molecule has 1 saturated carbocycles. The van der Waals surface area contributed by atoms with Gasteiger partial charge in [-0.1, -0.05) is 12.1 Å². The summed E-state index contributed by atoms with van der Waals surface area (Å²) in [5.74, 6) is -0.0195. The van der Waals surface area contributed by atoms with Crippen molar-refractivity contribution in [1.29, 1.82) is 0 Å². The average molecular weight is 289 g/mol. The standard InChI is InChI=1S/C16H23N3O2/c1-2-17-14-7-4-3-6-13(14)16(21)18-11-5-8-15(20)19-12-9-10-12/h3-4,6-7,12,17H,2,5,8-11H2,1H3,(H,18,21)(H,19,20). The lowest BCUT2D eigenvalue weighted by atomic mass is 10.1. The molecule has 0 aliphatic heterocycles. The highest BCUT2D eigenvalue weighted by molar-refractivity contribution is 5.99. The number of para-hydroxylation sites is 1. The van der Waals surface area contributed by atoms with E-state index in [4.69, 9.17) is 0 Å². The van der Waals surface area contributed by atoms with Gasteiger partial charge in [0.25, 0.3) is 5.91 Å². The van der Waals surface area contributed by atoms with Gasteiger partial charge in [0, 0.05) is 31.2 Å². The highest BCUT2D eigenvalue weighted by atomic mass is 16.2. The molecule has 0 saturated heterocycles. The molecule has 0 heterocycles. The Morgan fingerprint density at radius 3 is 2.71 bits per heavy atom. The van der Waals surface area contributed by atoms with Crippen molar-refractivity contribution in [3.05, 3.63) is 29.8 Å². The smallest absolute Gasteiger partial charge is 0.253 e. The van der Waals surface area contributed by atoms with Gasteiger partial charge in [-0.3, -0.25) is 9.59 Å². The third-order valence-corrected chi connectivity index (χ3v) is 3.35. The Balaban J connectivity index is 1.72. The molecule has 0 spiro atoms. The predicted octanol–water partition coefficient (Wildman–Crippen LogP) is 1.91. The van der Waals surface area contributed by atoms with Crippen LogP contribution in [0.5, 0.6) is 0 Å². The summed E-state index contributed by atoms with van der Waals surface area (Å²) in [6.07, 6.45) is 3.33. The van der Waals surface area contributed by atoms with E-state index in [2.05, 4.69) is 16.0 Å². The summed E-state index contributed by atoms with van der Waals surface area (Å²) in [7, 11) is 0. The summed E-state index contributed by atoms with van der Waals surface area (Å²) in [4.78, 5) is 23.6. The Morgan fingerprint density at radius 2 is 2.00 bits per heavy atom. The molecule has 1 aliphatic carbocycles. The molecule has 5 heteroatoms. The first-order valence-corrected chi connectivity index (χ1v) is 7.61. The van der Waals surface area contributed by atoms with E-state index in [-0.39, 0.29) is 11.8 Å². The summed E-state index contributed by atoms with van der Waals surface area (Å²) in [6.45, 7) is 3.27. The number of rotatable bonds is 8. The number of hydrogen-bond donors (Lipinski definition) is 3. The minimum Gasteiger partial charge on any atom is -0.385 e. The molecule has 5 nitrogen and oxygen atoms in total. The van der Waals surface area contributed by atoms with Crippen LogP contribution in [-0.4, -0.2) is 30.9 Å². The van der Waals surface area contributed by atoms with E-state index in [0.29, 0.717) is 31.0 Å². The number of anilines is 1. The number of benzene rings is 1. The summed E-state index contributed by atoms with van der Waals surface area (Å²) in [5, 5.41) is 8.97. The van der Waals surface area contributed by atoms with E-state index in [1.165, 1.54) is 0 Å². The predicted molar refractivity (Wildman–Crippen MR) is 83.3 cm³/mol. The van der Waals surface area contributed by atoms with Crippen LogP contribution in [0.3, 0.4) is 0 Å². The van der Waals surface area contributed by atoms with Crippen molar-refractivity contribution in [3.8, 4) is 0 Å². The van der Waals surface area contributed by atoms with E-state index < -0.39 is 0 Å². The maximum Gasteiger partial charge on any atom is 0.253 e. The molecule has 114 valence electrons. The van der Waals surface area contributed by atoms with E-state index in [1.807, 2.05) is 25.1 Å². The Morgan fingerprint density at radius 1 is 1.24 bits per heavy atom. The van der Waals surface area contributed by atoms with Gasteiger partial charge < -0.3 is 16.0 Å². The third kappa shape index (κ3) is 5.10. The molecule has 0 radical (unpaired) electrons. The van der Waals surface area contributed by atoms with Crippen LogP contribution >= 0.6 is 0 Å². The summed E-state index contributed by atoms with van der Waals surface area (Å²) < 4.78 is 0. The maximum absolute atomic E-state index is 12.1. The highest BCUT2D eigenvalue weighted by Crippen LogP contribution is 2.18. The zero-order chi connectivity index (χ0) is 15.1. The van der Waals surface area contributed by atoms with Gasteiger partial charge in [0.05, 0.1) is 5.56 Å². The van der Waals surface area contributed by atoms with Gasteiger partial charge in [0.1, 0.15) is 0 Å². The lowest BCUT2D eigenvalue weighted by molar-refractivity contribution is -0.121. The zero-order valence-electron chi connectivity index (χ0n) is 12.4. The van der Waals surface area contributed by atoms with Gasteiger partial charge in [0.15, 0.2) is 0 Å². The molecule has 0 bridgehead atoms. The molecule has 0 aromatic heterocycles. The molecule has 3 N–H and O–H groups in total. The lowest BCUT2D eigenvalue weighted by Gasteiger charge is -2.11. The fraction of sp³-hybridized carbons (Fsp3) is 0.500. The molecule has 1 aromatic carbocycles. The van der Waals surface area contributed by atoms with Crippen LogP contribution in [0.1, 0.15) is 43.0 Å². The largest absolute Gasteiger partial charge is 0.385 e. The van der Waals surface area contributed by atoms with Crippen LogP contribution in [0.25, 0.3) is 0 Å². The molecular weight excluding hydrogens is 266 g/mol. The zero-order valence-corrected chi connectivity index (χ0v) is 12.4. The first-order valence-electron chi connectivity index (χ1n) is 7.61. The van der Waals surface area contributed by atoms with Crippen molar-refractivity contribution in [2.24, 2.45) is 0 Å². The quantitative estimate of drug-likeness (QED) is 0.640. The number of nitrogens with one attached hydrogen (secondary N) is 3. The van der Waals surface area contributed by atoms with E-state index >= 15 is 0 Å². The third-order valence-electron chi connectivity index (χ3n) is 3.35. The summed E-state index contributed by atoms with van der Waals surface area (Å²) in [5.41, 5.74) is 1.48. The van der Waals surface area contributed by atoms with E-state index in [1.54, 1.807) is 6.07 Å². The SMILES string of the molecule is CCNc1ccccc1C(=O)NCCCC(=O)NC1CC1. The highest BCUT2D eigenvalue weighted by Gasteiger charge is 2.22. The molecule has 0 unspecified atom stereocenters. The molecule has 21 heavy (non-hydrogen) atoms. The molecular formula is C16H23N3O2. The second kappa shape index (κ2) is 7.67. The fourth-order valence-electron chi connectivity index (χ4n) is 2.10. The minimum absolute atomic E-state index is 0.0831. The van der Waals surface area contributed by atoms with Crippen molar-refractivity contribution in [2.75, 3.05) is 18.4 Å². The molecule has 1 aromatic rings. The average Bonchev–Trinajstić information content (AvgIpc) is 3.28. The number of hydrogen-bond acceptors (Lipinski definition) is 3. The molecule has 1 fully saturated rings. The number of carbonyl (C=O) groups is 2. The molecule has 1 aliphatic rings. The molecule has 2 rings (SSSR count). The van der Waals surface area contributed by atoms with Crippen LogP contribution in [0, 0.1) is 0 Å². The second-order valence-electron chi connectivity index (χ2n) is 5.28. The first kappa shape index (κ1) is 15.4. The molecule has 0 atom stereocenters. The van der Waals surface area contributed by atoms with Gasteiger partial charge in [-0.25, -0.2) is 0 Å². The Labute approximate surface area is 125 Å². The lowest BCUT2D eigenvalue weighted by Crippen LogP contribution is -2.28. The Kier molecular flexibility index (Phi) is 5.60. The van der Waals surface area contributed by atoms with Crippen molar-refractivity contribution in [3.63, 3.8) is 0 Å². The minimum atomic E-state index is -0.103. The van der Waals surface area contributed by atoms with Crippen LogP contribution in [0.4, 0.5) is 5.69 Å². The topological polar surface area (TPSA) is 70.2 Å². The van der Waals surface area contributed by atoms with Crippen LogP contribution in [0.2, 0.25) is 0 Å². The second-order valence-corrected chi connectivity index (χ2v) is 5.28. The van der Waals surface area contributed by atoms with Gasteiger partial charge in [0.2, 0.25) is 5.91 Å². The van der Waals surface area contributed by atoms with Crippen molar-refractivity contribution >= 4 is 17.5 Å². The first-order chi connectivity index (χ1) is 10.2. The fourth-order valence-corrected chi connectivity index (χ4v) is 2.10. The van der Waals surface area contributed by atoms with Gasteiger partial charge in [-0.05, 0) is 38.3 Å². The van der Waals surface area contributed by atoms with E-state index in [0.717, 1.165) is 25.1 Å². The number of amides is 2. The van der Waals surface area contributed by atoms with Crippen molar-refractivity contribution in [2.45, 2.75) is 38.6 Å². The van der Waals surface area contributed by atoms with Gasteiger partial charge in [-0.2, -0.15) is 0 Å². The summed E-state index contributed by atoms with van der Waals surface area (Å²) >= 11 is 0. The van der Waals surface area contributed by atoms with Gasteiger partial charge in [-0.15, -0.1) is 0 Å². The Hall–Kier alpha value is -2.04. The maximum atomic E-state index is 12.1. The molecule has 2 amide bonds. The normalized spacial score (nSPS) is 13.6. The summed E-state index contributed by atoms with van der Waals surface area (Å²) in [6, 6.07) is 7.84. The van der Waals surface area contributed by atoms with Crippen LogP contribution in [0.15, 0.2) is 24.3 Å². The van der Waals surface area contributed by atoms with Gasteiger partial charge >= 0.3 is 0 Å². The van der Waals surface area contributed by atoms with Crippen molar-refractivity contribution < 1.29 is 9.59 Å². The number of carbonyl (C=O) groups excluding carboxylic acids is 2.